The zero-order valence-corrected chi connectivity index (χ0v) is 12.6. The van der Waals surface area contributed by atoms with Crippen LogP contribution in [0.2, 0.25) is 5.02 Å². The van der Waals surface area contributed by atoms with Crippen LogP contribution in [-0.4, -0.2) is 18.5 Å². The lowest BCUT2D eigenvalue weighted by atomic mass is 10.3. The number of esters is 1. The maximum atomic E-state index is 11.7. The van der Waals surface area contributed by atoms with Crippen LogP contribution in [-0.2, 0) is 9.59 Å². The van der Waals surface area contributed by atoms with Crippen LogP contribution in [0.4, 0.5) is 5.69 Å². The minimum absolute atomic E-state index is 0.166. The van der Waals surface area contributed by atoms with E-state index < -0.39 is 5.97 Å². The summed E-state index contributed by atoms with van der Waals surface area (Å²) in [4.78, 5) is 22.6. The average Bonchev–Trinajstić information content (AvgIpc) is 2.48. The van der Waals surface area contributed by atoms with E-state index in [1.54, 1.807) is 48.5 Å². The Bertz CT molecular complexity index is 653. The van der Waals surface area contributed by atoms with Crippen molar-refractivity contribution in [1.82, 2.24) is 0 Å². The number of benzene rings is 2. The molecule has 22 heavy (non-hydrogen) atoms. The number of anilines is 1. The molecule has 2 aromatic rings. The van der Waals surface area contributed by atoms with Gasteiger partial charge in [0.1, 0.15) is 11.5 Å². The zero-order chi connectivity index (χ0) is 15.9. The minimum Gasteiger partial charge on any atom is -0.482 e. The number of rotatable bonds is 5. The first-order valence-electron chi connectivity index (χ1n) is 6.49. The van der Waals surface area contributed by atoms with Gasteiger partial charge in [0.05, 0.1) is 0 Å². The molecule has 6 heteroatoms. The summed E-state index contributed by atoms with van der Waals surface area (Å²) < 4.78 is 10.4. The Morgan fingerprint density at radius 2 is 1.59 bits per heavy atom. The molecule has 0 radical (unpaired) electrons. The SMILES string of the molecule is CC(=O)Nc1ccc(OC(=O)COc2ccc(Cl)cc2)cc1. The number of hydrogen-bond donors (Lipinski definition) is 1. The fourth-order valence-electron chi connectivity index (χ4n) is 1.64. The molecule has 1 N–H and O–H groups in total. The van der Waals surface area contributed by atoms with Crippen LogP contribution in [0.15, 0.2) is 48.5 Å². The third kappa shape index (κ3) is 5.10. The number of amides is 1. The fraction of sp³-hybridized carbons (Fsp3) is 0.125. The Hall–Kier alpha value is -2.53. The number of halogens is 1. The van der Waals surface area contributed by atoms with Gasteiger partial charge in [0.25, 0.3) is 0 Å². The molecule has 1 amide bonds. The topological polar surface area (TPSA) is 64.6 Å². The normalized spacial score (nSPS) is 9.91. The Kier molecular flexibility index (Phi) is 5.38. The summed E-state index contributed by atoms with van der Waals surface area (Å²) in [5.41, 5.74) is 0.629. The van der Waals surface area contributed by atoms with Crippen molar-refractivity contribution in [2.24, 2.45) is 0 Å². The van der Waals surface area contributed by atoms with E-state index in [4.69, 9.17) is 21.1 Å². The van der Waals surface area contributed by atoms with Crippen LogP contribution in [0.1, 0.15) is 6.92 Å². The van der Waals surface area contributed by atoms with E-state index in [1.165, 1.54) is 6.92 Å². The van der Waals surface area contributed by atoms with Crippen LogP contribution < -0.4 is 14.8 Å². The van der Waals surface area contributed by atoms with Gasteiger partial charge in [0.2, 0.25) is 5.91 Å². The summed E-state index contributed by atoms with van der Waals surface area (Å²) in [5.74, 6) is 0.213. The first kappa shape index (κ1) is 15.9. The van der Waals surface area contributed by atoms with Gasteiger partial charge in [-0.2, -0.15) is 0 Å². The molecule has 0 unspecified atom stereocenters. The highest BCUT2D eigenvalue weighted by Crippen LogP contribution is 2.17. The van der Waals surface area contributed by atoms with E-state index in [-0.39, 0.29) is 12.5 Å². The Balaban J connectivity index is 1.83. The summed E-state index contributed by atoms with van der Waals surface area (Å²) in [7, 11) is 0. The van der Waals surface area contributed by atoms with Gasteiger partial charge in [0.15, 0.2) is 6.61 Å². The van der Waals surface area contributed by atoms with Gasteiger partial charge in [-0.25, -0.2) is 4.79 Å². The summed E-state index contributed by atoms with van der Waals surface area (Å²) in [5, 5.41) is 3.21. The predicted molar refractivity (Wildman–Crippen MR) is 83.3 cm³/mol. The van der Waals surface area contributed by atoms with Gasteiger partial charge < -0.3 is 14.8 Å². The van der Waals surface area contributed by atoms with Gasteiger partial charge in [-0.1, -0.05) is 11.6 Å². The van der Waals surface area contributed by atoms with Gasteiger partial charge >= 0.3 is 5.97 Å². The number of carbonyl (C=O) groups is 2. The molecule has 0 heterocycles. The first-order chi connectivity index (χ1) is 10.5. The average molecular weight is 320 g/mol. The number of carbonyl (C=O) groups excluding carboxylic acids is 2. The predicted octanol–water partition coefficient (Wildman–Crippen LogP) is 3.28. The van der Waals surface area contributed by atoms with Gasteiger partial charge in [0, 0.05) is 17.6 Å². The molecule has 0 aromatic heterocycles. The molecule has 0 aliphatic carbocycles. The van der Waals surface area contributed by atoms with E-state index in [9.17, 15) is 9.59 Å². The second-order valence-electron chi connectivity index (χ2n) is 4.42. The van der Waals surface area contributed by atoms with Crippen molar-refractivity contribution in [3.63, 3.8) is 0 Å². The zero-order valence-electron chi connectivity index (χ0n) is 11.8. The maximum Gasteiger partial charge on any atom is 0.349 e. The molecule has 114 valence electrons. The summed E-state index contributed by atoms with van der Waals surface area (Å²) in [6.07, 6.45) is 0. The van der Waals surface area contributed by atoms with Crippen molar-refractivity contribution >= 4 is 29.2 Å². The molecule has 5 nitrogen and oxygen atoms in total. The Morgan fingerprint density at radius 1 is 1.00 bits per heavy atom. The highest BCUT2D eigenvalue weighted by molar-refractivity contribution is 6.30. The second kappa shape index (κ2) is 7.47. The van der Waals surface area contributed by atoms with E-state index in [0.717, 1.165) is 0 Å². The van der Waals surface area contributed by atoms with E-state index in [0.29, 0.717) is 22.2 Å². The summed E-state index contributed by atoms with van der Waals surface area (Å²) in [6.45, 7) is 1.21. The molecule has 0 bridgehead atoms. The van der Waals surface area contributed by atoms with Crippen molar-refractivity contribution in [3.8, 4) is 11.5 Å². The highest BCUT2D eigenvalue weighted by Gasteiger charge is 2.06. The fourth-order valence-corrected chi connectivity index (χ4v) is 1.77. The molecule has 0 saturated heterocycles. The van der Waals surface area contributed by atoms with Crippen molar-refractivity contribution in [1.29, 1.82) is 0 Å². The second-order valence-corrected chi connectivity index (χ2v) is 4.86. The van der Waals surface area contributed by atoms with E-state index >= 15 is 0 Å². The molecular weight excluding hydrogens is 306 g/mol. The van der Waals surface area contributed by atoms with Crippen molar-refractivity contribution in [2.45, 2.75) is 6.92 Å². The maximum absolute atomic E-state index is 11.7. The van der Waals surface area contributed by atoms with E-state index in [2.05, 4.69) is 5.32 Å². The molecule has 0 atom stereocenters. The first-order valence-corrected chi connectivity index (χ1v) is 6.87. The molecule has 0 fully saturated rings. The Morgan fingerprint density at radius 3 is 2.18 bits per heavy atom. The van der Waals surface area contributed by atoms with Crippen LogP contribution in [0.5, 0.6) is 11.5 Å². The number of nitrogens with one attached hydrogen (secondary N) is 1. The Labute approximate surface area is 132 Å². The van der Waals surface area contributed by atoms with Crippen molar-refractivity contribution in [2.75, 3.05) is 11.9 Å². The largest absolute Gasteiger partial charge is 0.482 e. The van der Waals surface area contributed by atoms with Crippen LogP contribution in [0.3, 0.4) is 0 Å². The third-order valence-electron chi connectivity index (χ3n) is 2.58. The van der Waals surface area contributed by atoms with Crippen molar-refractivity contribution in [3.05, 3.63) is 53.6 Å². The summed E-state index contributed by atoms with van der Waals surface area (Å²) in [6, 6.07) is 13.1. The van der Waals surface area contributed by atoms with Gasteiger partial charge in [-0.3, -0.25) is 4.79 Å². The smallest absolute Gasteiger partial charge is 0.349 e. The minimum atomic E-state index is -0.526. The molecule has 2 rings (SSSR count). The van der Waals surface area contributed by atoms with Crippen LogP contribution in [0.25, 0.3) is 0 Å². The van der Waals surface area contributed by atoms with Gasteiger partial charge in [-0.05, 0) is 48.5 Å². The molecule has 0 aliphatic rings. The third-order valence-corrected chi connectivity index (χ3v) is 2.83. The molecule has 0 saturated carbocycles. The monoisotopic (exact) mass is 319 g/mol. The van der Waals surface area contributed by atoms with Crippen LogP contribution >= 0.6 is 11.6 Å². The number of ether oxygens (including phenoxy) is 2. The molecule has 2 aromatic carbocycles. The van der Waals surface area contributed by atoms with E-state index in [1.807, 2.05) is 0 Å². The van der Waals surface area contributed by atoms with Gasteiger partial charge in [-0.15, -0.1) is 0 Å². The number of hydrogen-bond acceptors (Lipinski definition) is 4. The highest BCUT2D eigenvalue weighted by atomic mass is 35.5. The molecular formula is C16H14ClNO4. The summed E-state index contributed by atoms with van der Waals surface area (Å²) >= 11 is 5.75. The van der Waals surface area contributed by atoms with Crippen LogP contribution in [0, 0.1) is 0 Å². The standard InChI is InChI=1S/C16H14ClNO4/c1-11(19)18-13-4-8-15(9-5-13)22-16(20)10-21-14-6-2-12(17)3-7-14/h2-9H,10H2,1H3,(H,18,19). The lowest BCUT2D eigenvalue weighted by Crippen LogP contribution is -2.17. The molecule has 0 spiro atoms. The quantitative estimate of drug-likeness (QED) is 0.678. The van der Waals surface area contributed by atoms with Crippen molar-refractivity contribution < 1.29 is 19.1 Å². The lowest BCUT2D eigenvalue weighted by molar-refractivity contribution is -0.136. The lowest BCUT2D eigenvalue weighted by Gasteiger charge is -2.07. The molecule has 0 aliphatic heterocycles.